The van der Waals surface area contributed by atoms with Crippen molar-refractivity contribution in [2.24, 2.45) is 0 Å². The normalized spacial score (nSPS) is 45.6. The maximum atomic E-state index is 5.71. The maximum absolute atomic E-state index is 5.71. The van der Waals surface area contributed by atoms with Gasteiger partial charge in [-0.2, -0.15) is 0 Å². The Labute approximate surface area is 86.8 Å². The van der Waals surface area contributed by atoms with Gasteiger partial charge in [0.05, 0.1) is 6.10 Å². The van der Waals surface area contributed by atoms with E-state index in [1.807, 2.05) is 0 Å². The largest absolute Gasteiger partial charge is 0.377 e. The molecule has 3 nitrogen and oxygen atoms in total. The topological polar surface area (TPSA) is 24.5 Å². The Morgan fingerprint density at radius 3 is 2.79 bits per heavy atom. The number of piperazine rings is 1. The Hall–Kier alpha value is -0.120. The summed E-state index contributed by atoms with van der Waals surface area (Å²) < 4.78 is 5.71. The van der Waals surface area contributed by atoms with Crippen molar-refractivity contribution in [2.45, 2.75) is 44.9 Å². The van der Waals surface area contributed by atoms with Gasteiger partial charge < -0.3 is 10.1 Å². The lowest BCUT2D eigenvalue weighted by Crippen LogP contribution is -2.61. The van der Waals surface area contributed by atoms with Crippen molar-refractivity contribution in [1.29, 1.82) is 0 Å². The minimum Gasteiger partial charge on any atom is -0.377 e. The lowest BCUT2D eigenvalue weighted by molar-refractivity contribution is -0.00965. The Morgan fingerprint density at radius 2 is 2.21 bits per heavy atom. The Balaban J connectivity index is 2.11. The minimum absolute atomic E-state index is 0.265. The summed E-state index contributed by atoms with van der Waals surface area (Å²) in [6.45, 7) is 11.2. The van der Waals surface area contributed by atoms with E-state index in [0.717, 1.165) is 26.2 Å². The van der Waals surface area contributed by atoms with E-state index in [0.29, 0.717) is 12.1 Å². The molecule has 2 aliphatic rings. The van der Waals surface area contributed by atoms with Gasteiger partial charge in [0.15, 0.2) is 0 Å². The van der Waals surface area contributed by atoms with E-state index in [-0.39, 0.29) is 5.54 Å². The smallest absolute Gasteiger partial charge is 0.0728 e. The molecular formula is C11H22N2O. The van der Waals surface area contributed by atoms with Crippen LogP contribution in [-0.2, 0) is 4.74 Å². The van der Waals surface area contributed by atoms with E-state index in [1.165, 1.54) is 6.42 Å². The van der Waals surface area contributed by atoms with Gasteiger partial charge in [0.1, 0.15) is 0 Å². The highest BCUT2D eigenvalue weighted by atomic mass is 16.5. The summed E-state index contributed by atoms with van der Waals surface area (Å²) >= 11 is 0. The number of nitrogens with zero attached hydrogens (tertiary/aromatic N) is 1. The first-order chi connectivity index (χ1) is 6.64. The van der Waals surface area contributed by atoms with Gasteiger partial charge in [-0.3, -0.25) is 4.90 Å². The molecular weight excluding hydrogens is 176 g/mol. The molecule has 2 rings (SSSR count). The fourth-order valence-electron chi connectivity index (χ4n) is 2.80. The molecule has 0 aromatic heterocycles. The third-order valence-corrected chi connectivity index (χ3v) is 4.01. The molecule has 2 heterocycles. The van der Waals surface area contributed by atoms with Crippen LogP contribution < -0.4 is 5.32 Å². The monoisotopic (exact) mass is 198 g/mol. The number of hydrogen-bond acceptors (Lipinski definition) is 3. The van der Waals surface area contributed by atoms with Crippen LogP contribution >= 0.6 is 0 Å². The molecule has 0 spiro atoms. The second-order valence-corrected chi connectivity index (χ2v) is 4.87. The van der Waals surface area contributed by atoms with Gasteiger partial charge in [-0.1, -0.05) is 0 Å². The van der Waals surface area contributed by atoms with E-state index in [9.17, 15) is 0 Å². The van der Waals surface area contributed by atoms with Crippen LogP contribution in [-0.4, -0.2) is 48.8 Å². The maximum Gasteiger partial charge on any atom is 0.0728 e. The van der Waals surface area contributed by atoms with Gasteiger partial charge in [-0.05, 0) is 27.2 Å². The number of rotatable bonds is 1. The zero-order chi connectivity index (χ0) is 10.2. The van der Waals surface area contributed by atoms with E-state index in [2.05, 4.69) is 31.0 Å². The van der Waals surface area contributed by atoms with Gasteiger partial charge in [0.25, 0.3) is 0 Å². The predicted octanol–water partition coefficient (Wildman–Crippen LogP) is 0.848. The Morgan fingerprint density at radius 1 is 1.43 bits per heavy atom. The van der Waals surface area contributed by atoms with Gasteiger partial charge in [-0.25, -0.2) is 0 Å². The molecule has 2 fully saturated rings. The third kappa shape index (κ3) is 1.58. The van der Waals surface area contributed by atoms with Crippen molar-refractivity contribution in [3.05, 3.63) is 0 Å². The van der Waals surface area contributed by atoms with Crippen LogP contribution in [0.5, 0.6) is 0 Å². The quantitative estimate of drug-likeness (QED) is 0.676. The molecule has 0 aromatic carbocycles. The molecule has 3 atom stereocenters. The number of nitrogens with one attached hydrogen (secondary N) is 1. The lowest BCUT2D eigenvalue weighted by atomic mass is 9.90. The summed E-state index contributed by atoms with van der Waals surface area (Å²) in [6, 6.07) is 0.637. The second kappa shape index (κ2) is 3.80. The average Bonchev–Trinajstić information content (AvgIpc) is 2.49. The summed E-state index contributed by atoms with van der Waals surface area (Å²) in [5.41, 5.74) is 0.265. The fraction of sp³-hybridized carbons (Fsp3) is 1.00. The summed E-state index contributed by atoms with van der Waals surface area (Å²) in [5.74, 6) is 0. The molecule has 0 amide bonds. The summed E-state index contributed by atoms with van der Waals surface area (Å²) in [7, 11) is 0. The SMILES string of the molecule is CC1CNCCN1C1(C)CCOC1C. The summed E-state index contributed by atoms with van der Waals surface area (Å²) in [4.78, 5) is 2.63. The fourth-order valence-corrected chi connectivity index (χ4v) is 2.80. The Kier molecular flexibility index (Phi) is 2.82. The number of ether oxygens (including phenoxy) is 1. The van der Waals surface area contributed by atoms with Gasteiger partial charge in [-0.15, -0.1) is 0 Å². The first-order valence-electron chi connectivity index (χ1n) is 5.73. The highest BCUT2D eigenvalue weighted by Crippen LogP contribution is 2.33. The molecule has 0 bridgehead atoms. The molecule has 3 heteroatoms. The second-order valence-electron chi connectivity index (χ2n) is 4.87. The van der Waals surface area contributed by atoms with Crippen molar-refractivity contribution in [3.8, 4) is 0 Å². The van der Waals surface area contributed by atoms with E-state index < -0.39 is 0 Å². The van der Waals surface area contributed by atoms with Gasteiger partial charge >= 0.3 is 0 Å². The highest BCUT2D eigenvalue weighted by Gasteiger charge is 2.44. The molecule has 2 aliphatic heterocycles. The molecule has 14 heavy (non-hydrogen) atoms. The van der Waals surface area contributed by atoms with E-state index >= 15 is 0 Å². The van der Waals surface area contributed by atoms with Gasteiger partial charge in [0, 0.05) is 37.8 Å². The first kappa shape index (κ1) is 10.4. The van der Waals surface area contributed by atoms with Crippen LogP contribution in [0.1, 0.15) is 27.2 Å². The summed E-state index contributed by atoms with van der Waals surface area (Å²) in [5, 5.41) is 3.44. The van der Waals surface area contributed by atoms with Gasteiger partial charge in [0.2, 0.25) is 0 Å². The van der Waals surface area contributed by atoms with Crippen LogP contribution in [0.2, 0.25) is 0 Å². The predicted molar refractivity (Wildman–Crippen MR) is 57.5 cm³/mol. The molecule has 0 aliphatic carbocycles. The molecule has 0 saturated carbocycles. The van der Waals surface area contributed by atoms with Crippen LogP contribution in [0.4, 0.5) is 0 Å². The van der Waals surface area contributed by atoms with Crippen molar-refractivity contribution < 1.29 is 4.74 Å². The molecule has 82 valence electrons. The van der Waals surface area contributed by atoms with Crippen molar-refractivity contribution in [1.82, 2.24) is 10.2 Å². The van der Waals surface area contributed by atoms with Crippen LogP contribution in [0.3, 0.4) is 0 Å². The molecule has 0 radical (unpaired) electrons. The molecule has 3 unspecified atom stereocenters. The van der Waals surface area contributed by atoms with E-state index in [4.69, 9.17) is 4.74 Å². The van der Waals surface area contributed by atoms with E-state index in [1.54, 1.807) is 0 Å². The first-order valence-corrected chi connectivity index (χ1v) is 5.73. The standard InChI is InChI=1S/C11H22N2O/c1-9-8-12-5-6-13(9)11(3)4-7-14-10(11)2/h9-10,12H,4-8H2,1-3H3. The van der Waals surface area contributed by atoms with Crippen molar-refractivity contribution in [2.75, 3.05) is 26.2 Å². The highest BCUT2D eigenvalue weighted by molar-refractivity contribution is 4.99. The third-order valence-electron chi connectivity index (χ3n) is 4.01. The molecule has 0 aromatic rings. The zero-order valence-corrected chi connectivity index (χ0v) is 9.55. The van der Waals surface area contributed by atoms with Crippen LogP contribution in [0.15, 0.2) is 0 Å². The molecule has 2 saturated heterocycles. The van der Waals surface area contributed by atoms with Crippen LogP contribution in [0.25, 0.3) is 0 Å². The molecule has 1 N–H and O–H groups in total. The van der Waals surface area contributed by atoms with Crippen molar-refractivity contribution in [3.63, 3.8) is 0 Å². The lowest BCUT2D eigenvalue weighted by Gasteiger charge is -2.46. The summed E-state index contributed by atoms with van der Waals surface area (Å²) in [6.07, 6.45) is 1.56. The number of hydrogen-bond donors (Lipinski definition) is 1. The van der Waals surface area contributed by atoms with Crippen LogP contribution in [0, 0.1) is 0 Å². The Bertz CT molecular complexity index is 209. The average molecular weight is 198 g/mol. The zero-order valence-electron chi connectivity index (χ0n) is 9.55. The minimum atomic E-state index is 0.265. The van der Waals surface area contributed by atoms with Crippen molar-refractivity contribution >= 4 is 0 Å².